The van der Waals surface area contributed by atoms with Gasteiger partial charge in [-0.2, -0.15) is 0 Å². The van der Waals surface area contributed by atoms with Crippen molar-refractivity contribution in [1.82, 2.24) is 4.90 Å². The van der Waals surface area contributed by atoms with Crippen LogP contribution in [-0.4, -0.2) is 57.8 Å². The van der Waals surface area contributed by atoms with Crippen LogP contribution in [0.15, 0.2) is 72.2 Å². The van der Waals surface area contributed by atoms with Gasteiger partial charge in [-0.05, 0) is 35.3 Å². The molecule has 1 fully saturated rings. The van der Waals surface area contributed by atoms with Crippen molar-refractivity contribution >= 4 is 0 Å². The second-order valence-electron chi connectivity index (χ2n) is 7.80. The lowest BCUT2D eigenvalue weighted by Gasteiger charge is -2.38. The zero-order valence-corrected chi connectivity index (χ0v) is 17.2. The molecule has 0 aromatic heterocycles. The first-order valence-electron chi connectivity index (χ1n) is 10.3. The van der Waals surface area contributed by atoms with Crippen molar-refractivity contribution in [1.29, 1.82) is 0 Å². The Labute approximate surface area is 177 Å². The number of hydrogen-bond donors (Lipinski definition) is 3. The van der Waals surface area contributed by atoms with Crippen LogP contribution in [0.2, 0.25) is 0 Å². The van der Waals surface area contributed by atoms with E-state index in [1.165, 1.54) is 17.7 Å². The maximum Gasteiger partial charge on any atom is 0.123 e. The number of benzene rings is 1. The summed E-state index contributed by atoms with van der Waals surface area (Å²) in [5.74, 6) is -0.454. The lowest BCUT2D eigenvalue weighted by Crippen LogP contribution is -2.50. The van der Waals surface area contributed by atoms with Crippen LogP contribution in [0.25, 0.3) is 0 Å². The molecule has 2 aliphatic rings. The van der Waals surface area contributed by atoms with E-state index in [0.717, 1.165) is 12.0 Å². The maximum atomic E-state index is 14.2. The van der Waals surface area contributed by atoms with Gasteiger partial charge in [0.2, 0.25) is 0 Å². The van der Waals surface area contributed by atoms with Gasteiger partial charge in [0.15, 0.2) is 0 Å². The molecule has 0 saturated carbocycles. The molecule has 0 amide bonds. The second-order valence-corrected chi connectivity index (χ2v) is 7.80. The van der Waals surface area contributed by atoms with E-state index < -0.39 is 30.2 Å². The van der Waals surface area contributed by atoms with Gasteiger partial charge in [0, 0.05) is 31.3 Å². The van der Waals surface area contributed by atoms with Gasteiger partial charge in [-0.15, -0.1) is 0 Å². The van der Waals surface area contributed by atoms with Gasteiger partial charge in [-0.25, -0.2) is 4.39 Å². The lowest BCUT2D eigenvalue weighted by atomic mass is 9.90. The zero-order chi connectivity index (χ0) is 21.7. The minimum Gasteiger partial charge on any atom is -0.394 e. The van der Waals surface area contributed by atoms with E-state index in [4.69, 9.17) is 4.74 Å². The first-order valence-corrected chi connectivity index (χ1v) is 10.3. The number of aliphatic hydroxyl groups excluding tert-OH is 3. The van der Waals surface area contributed by atoms with Gasteiger partial charge in [0.25, 0.3) is 0 Å². The highest BCUT2D eigenvalue weighted by molar-refractivity contribution is 5.44. The van der Waals surface area contributed by atoms with Crippen molar-refractivity contribution in [2.75, 3.05) is 13.2 Å². The van der Waals surface area contributed by atoms with Crippen LogP contribution in [0, 0.1) is 0 Å². The van der Waals surface area contributed by atoms with Crippen molar-refractivity contribution in [3.8, 4) is 0 Å². The Hall–Kier alpha value is -2.25. The first-order chi connectivity index (χ1) is 14.4. The Balaban J connectivity index is 1.93. The molecule has 3 N–H and O–H groups in total. The summed E-state index contributed by atoms with van der Waals surface area (Å²) in [6.45, 7) is 6.80. The third-order valence-corrected chi connectivity index (χ3v) is 5.50. The van der Waals surface area contributed by atoms with Gasteiger partial charge >= 0.3 is 0 Å². The SMILES string of the molecule is C=C1/C=C(F)\C=C/CN(Cc2ccc(CC)cc2)/C=C\1[C@@H]1O[C@H](CO)C[C@H](O)C1O. The quantitative estimate of drug-likeness (QED) is 0.690. The van der Waals surface area contributed by atoms with Crippen molar-refractivity contribution < 1.29 is 24.4 Å². The molecule has 1 saturated heterocycles. The maximum absolute atomic E-state index is 14.2. The third-order valence-electron chi connectivity index (χ3n) is 5.50. The summed E-state index contributed by atoms with van der Waals surface area (Å²) >= 11 is 0. The number of aliphatic hydroxyl groups is 3. The summed E-state index contributed by atoms with van der Waals surface area (Å²) in [6.07, 6.45) is 3.50. The summed E-state index contributed by atoms with van der Waals surface area (Å²) in [4.78, 5) is 1.98. The summed E-state index contributed by atoms with van der Waals surface area (Å²) in [5.41, 5.74) is 3.17. The monoisotopic (exact) mass is 415 g/mol. The standard InChI is InChI=1S/C24H30FNO4/c1-3-17-6-8-18(9-7-17)13-26-10-4-5-19(25)11-16(2)21(14-26)24-23(29)22(28)12-20(15-27)30-24/h4-9,11,14,20,22-24,27-29H,2-3,10,12-13,15H2,1H3/b5-4-,19-11+,21-14+/t20-,22-,23?,24-/m0/s1. The average Bonchev–Trinajstić information content (AvgIpc) is 2.80. The fraction of sp³-hybridized carbons (Fsp3) is 0.417. The second kappa shape index (κ2) is 10.2. The van der Waals surface area contributed by atoms with Crippen molar-refractivity contribution in [3.63, 3.8) is 0 Å². The molecular weight excluding hydrogens is 385 g/mol. The smallest absolute Gasteiger partial charge is 0.123 e. The van der Waals surface area contributed by atoms with E-state index in [1.807, 2.05) is 4.90 Å². The molecule has 6 heteroatoms. The predicted molar refractivity (Wildman–Crippen MR) is 114 cm³/mol. The first kappa shape index (κ1) is 22.4. The van der Waals surface area contributed by atoms with Crippen molar-refractivity contribution in [2.45, 2.75) is 50.7 Å². The highest BCUT2D eigenvalue weighted by Gasteiger charge is 2.39. The topological polar surface area (TPSA) is 73.2 Å². The van der Waals surface area contributed by atoms with E-state index in [1.54, 1.807) is 12.3 Å². The summed E-state index contributed by atoms with van der Waals surface area (Å²) < 4.78 is 20.1. The molecule has 4 atom stereocenters. The Morgan fingerprint density at radius 2 is 1.90 bits per heavy atom. The van der Waals surface area contributed by atoms with Crippen molar-refractivity contribution in [3.05, 3.63) is 83.4 Å². The Morgan fingerprint density at radius 3 is 2.57 bits per heavy atom. The number of rotatable bonds is 5. The van der Waals surface area contributed by atoms with Gasteiger partial charge in [-0.1, -0.05) is 43.8 Å². The van der Waals surface area contributed by atoms with Gasteiger partial charge in [0.1, 0.15) is 18.0 Å². The molecule has 5 nitrogen and oxygen atoms in total. The van der Waals surface area contributed by atoms with Crippen LogP contribution in [-0.2, 0) is 17.7 Å². The van der Waals surface area contributed by atoms with E-state index in [0.29, 0.717) is 24.2 Å². The number of nitrogens with zero attached hydrogens (tertiary/aromatic N) is 1. The molecule has 0 aliphatic carbocycles. The summed E-state index contributed by atoms with van der Waals surface area (Å²) in [6, 6.07) is 8.30. The lowest BCUT2D eigenvalue weighted by molar-refractivity contribution is -0.163. The molecule has 3 rings (SSSR count). The number of halogens is 1. The molecule has 1 aromatic rings. The van der Waals surface area contributed by atoms with Crippen LogP contribution in [0.1, 0.15) is 24.5 Å². The average molecular weight is 416 g/mol. The molecule has 0 bridgehead atoms. The Kier molecular flexibility index (Phi) is 7.61. The van der Waals surface area contributed by atoms with Gasteiger partial charge in [0.05, 0.1) is 18.8 Å². The molecule has 2 aliphatic heterocycles. The molecule has 2 heterocycles. The van der Waals surface area contributed by atoms with Gasteiger partial charge < -0.3 is 25.0 Å². The van der Waals surface area contributed by atoms with Crippen molar-refractivity contribution in [2.24, 2.45) is 0 Å². The third kappa shape index (κ3) is 5.46. The van der Waals surface area contributed by atoms with Crippen LogP contribution in [0.4, 0.5) is 4.39 Å². The molecule has 0 spiro atoms. The summed E-state index contributed by atoms with van der Waals surface area (Å²) in [7, 11) is 0. The summed E-state index contributed by atoms with van der Waals surface area (Å²) in [5, 5.41) is 30.3. The van der Waals surface area contributed by atoms with Crippen LogP contribution >= 0.6 is 0 Å². The van der Waals surface area contributed by atoms with Gasteiger partial charge in [-0.3, -0.25) is 0 Å². The number of aryl methyl sites for hydroxylation is 1. The number of hydrogen-bond acceptors (Lipinski definition) is 5. The zero-order valence-electron chi connectivity index (χ0n) is 17.2. The molecule has 1 unspecified atom stereocenters. The van der Waals surface area contributed by atoms with E-state index in [9.17, 15) is 19.7 Å². The Bertz CT molecular complexity index is 830. The minimum atomic E-state index is -1.20. The fourth-order valence-corrected chi connectivity index (χ4v) is 3.74. The van der Waals surface area contributed by atoms with E-state index >= 15 is 0 Å². The molecular formula is C24H30FNO4. The molecule has 30 heavy (non-hydrogen) atoms. The highest BCUT2D eigenvalue weighted by Crippen LogP contribution is 2.30. The number of allylic oxidation sites excluding steroid dienone is 3. The largest absolute Gasteiger partial charge is 0.394 e. The minimum absolute atomic E-state index is 0.132. The van der Waals surface area contributed by atoms with E-state index in [2.05, 4.69) is 37.8 Å². The fourth-order valence-electron chi connectivity index (χ4n) is 3.74. The van der Waals surface area contributed by atoms with E-state index in [-0.39, 0.29) is 13.0 Å². The molecule has 0 radical (unpaired) electrons. The molecule has 1 aromatic carbocycles. The number of ether oxygens (including phenoxy) is 1. The predicted octanol–water partition coefficient (Wildman–Crippen LogP) is 2.79. The molecule has 162 valence electrons. The highest BCUT2D eigenvalue weighted by atomic mass is 19.1. The van der Waals surface area contributed by atoms with Crippen LogP contribution in [0.3, 0.4) is 0 Å². The van der Waals surface area contributed by atoms with Crippen LogP contribution < -0.4 is 0 Å². The Morgan fingerprint density at radius 1 is 1.20 bits per heavy atom. The van der Waals surface area contributed by atoms with Crippen LogP contribution in [0.5, 0.6) is 0 Å². The normalized spacial score (nSPS) is 32.3.